The number of hydrogen-bond acceptors (Lipinski definition) is 4. The number of nitrogens with two attached hydrogens (primary N) is 1. The van der Waals surface area contributed by atoms with Gasteiger partial charge < -0.3 is 10.2 Å². The molecule has 1 heterocycles. The molecule has 5 nitrogen and oxygen atoms in total. The maximum Gasteiger partial charge on any atom is 0.265 e. The van der Waals surface area contributed by atoms with E-state index in [0.29, 0.717) is 22.2 Å². The number of rotatable bonds is 4. The van der Waals surface area contributed by atoms with Crippen LogP contribution in [0.4, 0.5) is 5.69 Å². The van der Waals surface area contributed by atoms with Crippen molar-refractivity contribution in [2.24, 2.45) is 5.73 Å². The molecule has 0 aliphatic carbocycles. The SMILES string of the molecule is Cc1ccc(NS(=O)(=O)c2cc(CN)oc2C)c(Cl)c1. The van der Waals surface area contributed by atoms with Crippen molar-refractivity contribution in [2.75, 3.05) is 4.72 Å². The smallest absolute Gasteiger partial charge is 0.265 e. The van der Waals surface area contributed by atoms with E-state index in [-0.39, 0.29) is 11.4 Å². The summed E-state index contributed by atoms with van der Waals surface area (Å²) >= 11 is 6.02. The van der Waals surface area contributed by atoms with E-state index in [1.807, 2.05) is 6.92 Å². The lowest BCUT2D eigenvalue weighted by molar-refractivity contribution is 0.479. The number of furan rings is 1. The lowest BCUT2D eigenvalue weighted by Crippen LogP contribution is -2.13. The first kappa shape index (κ1) is 14.9. The van der Waals surface area contributed by atoms with Crippen LogP contribution in [0.3, 0.4) is 0 Å². The molecule has 0 spiro atoms. The molecular formula is C13H15ClN2O3S. The van der Waals surface area contributed by atoms with E-state index in [9.17, 15) is 8.42 Å². The number of aryl methyl sites for hydroxylation is 2. The summed E-state index contributed by atoms with van der Waals surface area (Å²) in [4.78, 5) is 0.0644. The zero-order valence-corrected chi connectivity index (χ0v) is 12.7. The van der Waals surface area contributed by atoms with Crippen LogP contribution in [-0.4, -0.2) is 8.42 Å². The van der Waals surface area contributed by atoms with Crippen LogP contribution in [0.25, 0.3) is 0 Å². The summed E-state index contributed by atoms with van der Waals surface area (Å²) in [5, 5.41) is 0.341. The summed E-state index contributed by atoms with van der Waals surface area (Å²) < 4.78 is 32.3. The Morgan fingerprint density at radius 2 is 2.00 bits per heavy atom. The molecule has 0 radical (unpaired) electrons. The number of halogens is 1. The predicted molar refractivity (Wildman–Crippen MR) is 78.3 cm³/mol. The lowest BCUT2D eigenvalue weighted by Gasteiger charge is -2.09. The van der Waals surface area contributed by atoms with Gasteiger partial charge in [0.1, 0.15) is 16.4 Å². The molecule has 0 saturated carbocycles. The van der Waals surface area contributed by atoms with Crippen molar-refractivity contribution in [3.05, 3.63) is 46.4 Å². The molecule has 0 aliphatic heterocycles. The normalized spacial score (nSPS) is 11.6. The Hall–Kier alpha value is -1.50. The molecule has 2 aromatic rings. The summed E-state index contributed by atoms with van der Waals surface area (Å²) in [6.45, 7) is 3.59. The van der Waals surface area contributed by atoms with Crippen molar-refractivity contribution in [3.63, 3.8) is 0 Å². The van der Waals surface area contributed by atoms with Crippen molar-refractivity contribution < 1.29 is 12.8 Å². The number of benzene rings is 1. The minimum Gasteiger partial charge on any atom is -0.464 e. The van der Waals surface area contributed by atoms with Gasteiger partial charge in [0.05, 0.1) is 17.3 Å². The van der Waals surface area contributed by atoms with Crippen LogP contribution in [0.1, 0.15) is 17.1 Å². The molecule has 1 aromatic heterocycles. The highest BCUT2D eigenvalue weighted by Crippen LogP contribution is 2.27. The monoisotopic (exact) mass is 314 g/mol. The maximum absolute atomic E-state index is 12.3. The van der Waals surface area contributed by atoms with E-state index < -0.39 is 10.0 Å². The van der Waals surface area contributed by atoms with Crippen molar-refractivity contribution in [1.29, 1.82) is 0 Å². The fourth-order valence-electron chi connectivity index (χ4n) is 1.79. The third-order valence-electron chi connectivity index (χ3n) is 2.78. The summed E-state index contributed by atoms with van der Waals surface area (Å²) in [5.41, 5.74) is 6.71. The molecular weight excluding hydrogens is 300 g/mol. The molecule has 0 amide bonds. The first-order chi connectivity index (χ1) is 9.33. The summed E-state index contributed by atoms with van der Waals surface area (Å²) in [6.07, 6.45) is 0. The Bertz CT molecular complexity index is 738. The third-order valence-corrected chi connectivity index (χ3v) is 4.57. The Morgan fingerprint density at radius 1 is 1.30 bits per heavy atom. The Morgan fingerprint density at radius 3 is 2.55 bits per heavy atom. The molecule has 7 heteroatoms. The zero-order valence-electron chi connectivity index (χ0n) is 11.1. The maximum atomic E-state index is 12.3. The zero-order chi connectivity index (χ0) is 14.9. The molecule has 1 aromatic carbocycles. The second-order valence-corrected chi connectivity index (χ2v) is 6.48. The van der Waals surface area contributed by atoms with Gasteiger partial charge in [-0.2, -0.15) is 0 Å². The molecule has 0 bridgehead atoms. The number of anilines is 1. The molecule has 0 atom stereocenters. The quantitative estimate of drug-likeness (QED) is 0.908. The average Bonchev–Trinajstić information content (AvgIpc) is 2.75. The van der Waals surface area contributed by atoms with Gasteiger partial charge in [0.2, 0.25) is 0 Å². The van der Waals surface area contributed by atoms with Gasteiger partial charge in [0.25, 0.3) is 10.0 Å². The standard InChI is InChI=1S/C13H15ClN2O3S/c1-8-3-4-12(11(14)5-8)16-20(17,18)13-6-10(7-15)19-9(13)2/h3-6,16H,7,15H2,1-2H3. The number of nitrogens with one attached hydrogen (secondary N) is 1. The van der Waals surface area contributed by atoms with Crippen LogP contribution < -0.4 is 10.5 Å². The van der Waals surface area contributed by atoms with Gasteiger partial charge in [-0.25, -0.2) is 8.42 Å². The molecule has 20 heavy (non-hydrogen) atoms. The van der Waals surface area contributed by atoms with Crippen LogP contribution in [0.5, 0.6) is 0 Å². The second kappa shape index (κ2) is 5.47. The highest BCUT2D eigenvalue weighted by atomic mass is 35.5. The van der Waals surface area contributed by atoms with E-state index in [1.165, 1.54) is 6.07 Å². The van der Waals surface area contributed by atoms with E-state index in [4.69, 9.17) is 21.8 Å². The van der Waals surface area contributed by atoms with Crippen LogP contribution in [0.15, 0.2) is 33.6 Å². The largest absolute Gasteiger partial charge is 0.464 e. The van der Waals surface area contributed by atoms with Crippen LogP contribution in [0, 0.1) is 13.8 Å². The van der Waals surface area contributed by atoms with Crippen LogP contribution in [-0.2, 0) is 16.6 Å². The van der Waals surface area contributed by atoms with E-state index in [0.717, 1.165) is 5.56 Å². The van der Waals surface area contributed by atoms with E-state index in [1.54, 1.807) is 25.1 Å². The summed E-state index contributed by atoms with van der Waals surface area (Å²) in [7, 11) is -3.75. The number of sulfonamides is 1. The first-order valence-electron chi connectivity index (χ1n) is 5.92. The Labute approximate surface area is 122 Å². The van der Waals surface area contributed by atoms with Crippen molar-refractivity contribution >= 4 is 27.3 Å². The Kier molecular flexibility index (Phi) is 4.08. The fourth-order valence-corrected chi connectivity index (χ4v) is 3.42. The molecule has 0 fully saturated rings. The predicted octanol–water partition coefficient (Wildman–Crippen LogP) is 2.81. The van der Waals surface area contributed by atoms with Crippen LogP contribution in [0.2, 0.25) is 5.02 Å². The summed E-state index contributed by atoms with van der Waals surface area (Å²) in [5.74, 6) is 0.707. The fraction of sp³-hybridized carbons (Fsp3) is 0.231. The molecule has 0 unspecified atom stereocenters. The highest BCUT2D eigenvalue weighted by molar-refractivity contribution is 7.92. The van der Waals surface area contributed by atoms with Gasteiger partial charge in [-0.3, -0.25) is 4.72 Å². The minimum atomic E-state index is -3.75. The molecule has 3 N–H and O–H groups in total. The van der Waals surface area contributed by atoms with Gasteiger partial charge in [-0.15, -0.1) is 0 Å². The van der Waals surface area contributed by atoms with E-state index in [2.05, 4.69) is 4.72 Å². The third kappa shape index (κ3) is 2.98. The summed E-state index contributed by atoms with van der Waals surface area (Å²) in [6, 6.07) is 6.50. The van der Waals surface area contributed by atoms with Gasteiger partial charge in [0, 0.05) is 6.07 Å². The van der Waals surface area contributed by atoms with Crippen LogP contribution >= 0.6 is 11.6 Å². The molecule has 108 valence electrons. The van der Waals surface area contributed by atoms with Gasteiger partial charge in [0.15, 0.2) is 0 Å². The van der Waals surface area contributed by atoms with Crippen molar-refractivity contribution in [3.8, 4) is 0 Å². The first-order valence-corrected chi connectivity index (χ1v) is 7.78. The molecule has 0 saturated heterocycles. The highest BCUT2D eigenvalue weighted by Gasteiger charge is 2.22. The van der Waals surface area contributed by atoms with Crippen molar-refractivity contribution in [2.45, 2.75) is 25.3 Å². The molecule has 0 aliphatic rings. The molecule has 2 rings (SSSR count). The lowest BCUT2D eigenvalue weighted by atomic mass is 10.2. The average molecular weight is 315 g/mol. The van der Waals surface area contributed by atoms with E-state index >= 15 is 0 Å². The Balaban J connectivity index is 2.38. The second-order valence-electron chi connectivity index (χ2n) is 4.43. The van der Waals surface area contributed by atoms with Gasteiger partial charge in [-0.05, 0) is 31.5 Å². The number of hydrogen-bond donors (Lipinski definition) is 2. The van der Waals surface area contributed by atoms with Gasteiger partial charge >= 0.3 is 0 Å². The van der Waals surface area contributed by atoms with Gasteiger partial charge in [-0.1, -0.05) is 17.7 Å². The topological polar surface area (TPSA) is 85.3 Å². The minimum absolute atomic E-state index is 0.0644. The van der Waals surface area contributed by atoms with Crippen molar-refractivity contribution in [1.82, 2.24) is 0 Å².